The van der Waals surface area contributed by atoms with Gasteiger partial charge in [0, 0.05) is 21.1 Å². The SMILES string of the molecule is CN(C)C(=O)CN(C)S(=O)(=O)c1cc(Cl)sc1Cl. The molecule has 0 N–H and O–H groups in total. The van der Waals surface area contributed by atoms with Crippen LogP contribution in [0.2, 0.25) is 8.67 Å². The maximum Gasteiger partial charge on any atom is 0.245 e. The van der Waals surface area contributed by atoms with Crippen molar-refractivity contribution in [3.05, 3.63) is 14.7 Å². The van der Waals surface area contributed by atoms with Crippen LogP contribution in [0.4, 0.5) is 0 Å². The first kappa shape index (κ1) is 15.7. The summed E-state index contributed by atoms with van der Waals surface area (Å²) in [6.45, 7) is -0.251. The molecule has 0 aliphatic carbocycles. The molecule has 0 fully saturated rings. The minimum absolute atomic E-state index is 0.0757. The van der Waals surface area contributed by atoms with Crippen molar-refractivity contribution in [3.8, 4) is 0 Å². The summed E-state index contributed by atoms with van der Waals surface area (Å²) < 4.78 is 25.6. The highest BCUT2D eigenvalue weighted by Crippen LogP contribution is 2.35. The van der Waals surface area contributed by atoms with Crippen LogP contribution in [0.15, 0.2) is 11.0 Å². The maximum atomic E-state index is 12.1. The van der Waals surface area contributed by atoms with Crippen LogP contribution in [0.25, 0.3) is 0 Å². The average molecular weight is 331 g/mol. The van der Waals surface area contributed by atoms with E-state index in [1.807, 2.05) is 0 Å². The highest BCUT2D eigenvalue weighted by molar-refractivity contribution is 7.89. The molecule has 1 amide bonds. The first-order chi connectivity index (χ1) is 8.16. The van der Waals surface area contributed by atoms with Crippen LogP contribution in [-0.4, -0.2) is 51.2 Å². The number of likely N-dealkylation sites (N-methyl/N-ethyl adjacent to an activating group) is 2. The van der Waals surface area contributed by atoms with E-state index in [1.54, 1.807) is 14.1 Å². The van der Waals surface area contributed by atoms with Crippen LogP contribution in [-0.2, 0) is 14.8 Å². The van der Waals surface area contributed by atoms with Crippen molar-refractivity contribution in [2.24, 2.45) is 0 Å². The normalized spacial score (nSPS) is 11.9. The Morgan fingerprint density at radius 2 is 1.89 bits per heavy atom. The van der Waals surface area contributed by atoms with E-state index in [0.29, 0.717) is 0 Å². The van der Waals surface area contributed by atoms with Crippen molar-refractivity contribution in [2.45, 2.75) is 4.90 Å². The standard InChI is InChI=1S/C9H12Cl2N2O3S2/c1-12(2)8(14)5-13(3)18(15,16)6-4-7(10)17-9(6)11/h4H,5H2,1-3H3. The maximum absolute atomic E-state index is 12.1. The Labute approximate surface area is 120 Å². The fraction of sp³-hybridized carbons (Fsp3) is 0.444. The molecular weight excluding hydrogens is 319 g/mol. The molecule has 0 radical (unpaired) electrons. The molecule has 0 aliphatic heterocycles. The average Bonchev–Trinajstić information content (AvgIpc) is 2.57. The zero-order valence-electron chi connectivity index (χ0n) is 9.98. The molecule has 0 atom stereocenters. The third-order valence-corrected chi connectivity index (χ3v) is 5.73. The van der Waals surface area contributed by atoms with E-state index in [4.69, 9.17) is 23.2 Å². The molecule has 5 nitrogen and oxygen atoms in total. The Bertz CT molecular complexity index is 554. The van der Waals surface area contributed by atoms with E-state index in [0.717, 1.165) is 15.6 Å². The van der Waals surface area contributed by atoms with Gasteiger partial charge in [-0.05, 0) is 6.07 Å². The van der Waals surface area contributed by atoms with Crippen LogP contribution in [0.3, 0.4) is 0 Å². The van der Waals surface area contributed by atoms with E-state index in [-0.39, 0.29) is 26.0 Å². The Morgan fingerprint density at radius 1 is 1.33 bits per heavy atom. The Balaban J connectivity index is 3.00. The third kappa shape index (κ3) is 3.36. The van der Waals surface area contributed by atoms with Crippen molar-refractivity contribution >= 4 is 50.5 Å². The van der Waals surface area contributed by atoms with Gasteiger partial charge in [0.1, 0.15) is 9.23 Å². The summed E-state index contributed by atoms with van der Waals surface area (Å²) >= 11 is 12.5. The van der Waals surface area contributed by atoms with Gasteiger partial charge in [-0.1, -0.05) is 23.2 Å². The van der Waals surface area contributed by atoms with Gasteiger partial charge < -0.3 is 4.90 Å². The molecule has 0 aliphatic rings. The van der Waals surface area contributed by atoms with Crippen LogP contribution < -0.4 is 0 Å². The number of sulfonamides is 1. The molecule has 0 saturated heterocycles. The van der Waals surface area contributed by atoms with Crippen LogP contribution in [0.5, 0.6) is 0 Å². The van der Waals surface area contributed by atoms with Gasteiger partial charge in [-0.2, -0.15) is 4.31 Å². The highest BCUT2D eigenvalue weighted by atomic mass is 35.5. The van der Waals surface area contributed by atoms with Crippen molar-refractivity contribution in [2.75, 3.05) is 27.7 Å². The van der Waals surface area contributed by atoms with Gasteiger partial charge in [-0.15, -0.1) is 11.3 Å². The summed E-state index contributed by atoms with van der Waals surface area (Å²) in [4.78, 5) is 12.7. The van der Waals surface area contributed by atoms with Crippen LogP contribution in [0, 0.1) is 0 Å². The lowest BCUT2D eigenvalue weighted by atomic mass is 10.5. The van der Waals surface area contributed by atoms with E-state index < -0.39 is 10.0 Å². The molecule has 0 unspecified atom stereocenters. The number of thiophene rings is 1. The van der Waals surface area contributed by atoms with Crippen molar-refractivity contribution in [3.63, 3.8) is 0 Å². The Kier molecular flexibility index (Phi) is 5.02. The minimum atomic E-state index is -3.80. The fourth-order valence-electron chi connectivity index (χ4n) is 1.09. The van der Waals surface area contributed by atoms with Gasteiger partial charge in [0.05, 0.1) is 10.9 Å². The fourth-order valence-corrected chi connectivity index (χ4v) is 4.31. The van der Waals surface area contributed by atoms with Gasteiger partial charge in [-0.25, -0.2) is 8.42 Å². The molecule has 9 heteroatoms. The second-order valence-electron chi connectivity index (χ2n) is 3.74. The molecule has 0 saturated carbocycles. The zero-order valence-corrected chi connectivity index (χ0v) is 13.1. The van der Waals surface area contributed by atoms with E-state index in [2.05, 4.69) is 0 Å². The number of hydrogen-bond acceptors (Lipinski definition) is 4. The molecule has 1 aromatic rings. The summed E-state index contributed by atoms with van der Waals surface area (Å²) in [7, 11) is 0.626. The summed E-state index contributed by atoms with van der Waals surface area (Å²) in [6, 6.07) is 1.28. The van der Waals surface area contributed by atoms with E-state index >= 15 is 0 Å². The molecular formula is C9H12Cl2N2O3S2. The number of rotatable bonds is 4. The van der Waals surface area contributed by atoms with Gasteiger partial charge >= 0.3 is 0 Å². The smallest absolute Gasteiger partial charge is 0.245 e. The van der Waals surface area contributed by atoms with Gasteiger partial charge in [0.25, 0.3) is 0 Å². The summed E-state index contributed by atoms with van der Waals surface area (Å²) in [5.41, 5.74) is 0. The molecule has 0 spiro atoms. The predicted molar refractivity (Wildman–Crippen MR) is 72.8 cm³/mol. The number of nitrogens with zero attached hydrogens (tertiary/aromatic N) is 2. The highest BCUT2D eigenvalue weighted by Gasteiger charge is 2.27. The molecule has 1 rings (SSSR count). The van der Waals surface area contributed by atoms with Gasteiger partial charge in [0.15, 0.2) is 0 Å². The first-order valence-electron chi connectivity index (χ1n) is 4.77. The predicted octanol–water partition coefficient (Wildman–Crippen LogP) is 1.76. The summed E-state index contributed by atoms with van der Waals surface area (Å²) in [5, 5.41) is 0. The number of hydrogen-bond donors (Lipinski definition) is 0. The molecule has 1 aromatic heterocycles. The second kappa shape index (κ2) is 5.75. The monoisotopic (exact) mass is 330 g/mol. The van der Waals surface area contributed by atoms with Crippen molar-refractivity contribution in [1.29, 1.82) is 0 Å². The van der Waals surface area contributed by atoms with E-state index in [1.165, 1.54) is 18.0 Å². The van der Waals surface area contributed by atoms with Crippen LogP contribution in [0.1, 0.15) is 0 Å². The third-order valence-electron chi connectivity index (χ3n) is 2.17. The second-order valence-corrected chi connectivity index (χ2v) is 8.04. The number of carbonyl (C=O) groups excluding carboxylic acids is 1. The summed E-state index contributed by atoms with van der Waals surface area (Å²) in [5.74, 6) is -0.321. The van der Waals surface area contributed by atoms with Crippen molar-refractivity contribution in [1.82, 2.24) is 9.21 Å². The van der Waals surface area contributed by atoms with Crippen LogP contribution >= 0.6 is 34.5 Å². The van der Waals surface area contributed by atoms with E-state index in [9.17, 15) is 13.2 Å². The van der Waals surface area contributed by atoms with Crippen molar-refractivity contribution < 1.29 is 13.2 Å². The van der Waals surface area contributed by atoms with Gasteiger partial charge in [0.2, 0.25) is 15.9 Å². The zero-order chi connectivity index (χ0) is 14.1. The molecule has 0 bridgehead atoms. The lowest BCUT2D eigenvalue weighted by Crippen LogP contribution is -2.37. The molecule has 1 heterocycles. The molecule has 102 valence electrons. The Hall–Kier alpha value is -0.340. The Morgan fingerprint density at radius 3 is 2.28 bits per heavy atom. The largest absolute Gasteiger partial charge is 0.348 e. The lowest BCUT2D eigenvalue weighted by Gasteiger charge is -2.18. The molecule has 0 aromatic carbocycles. The lowest BCUT2D eigenvalue weighted by molar-refractivity contribution is -0.128. The number of amides is 1. The van der Waals surface area contributed by atoms with Gasteiger partial charge in [-0.3, -0.25) is 4.79 Å². The molecule has 18 heavy (non-hydrogen) atoms. The topological polar surface area (TPSA) is 57.7 Å². The number of carbonyl (C=O) groups is 1. The quantitative estimate of drug-likeness (QED) is 0.845. The summed E-state index contributed by atoms with van der Waals surface area (Å²) in [6.07, 6.45) is 0. The first-order valence-corrected chi connectivity index (χ1v) is 7.79. The minimum Gasteiger partial charge on any atom is -0.348 e. The number of halogens is 2.